The van der Waals surface area contributed by atoms with E-state index in [9.17, 15) is 14.0 Å². The molecule has 0 spiro atoms. The summed E-state index contributed by atoms with van der Waals surface area (Å²) in [5.74, 6) is -0.736. The first-order valence-corrected chi connectivity index (χ1v) is 11.3. The van der Waals surface area contributed by atoms with E-state index in [1.165, 1.54) is 31.4 Å². The number of nitrogens with zero attached hydrogens (tertiary/aromatic N) is 2. The van der Waals surface area contributed by atoms with E-state index < -0.39 is 11.7 Å². The second-order valence-corrected chi connectivity index (χ2v) is 8.01. The molecule has 1 aliphatic heterocycles. The van der Waals surface area contributed by atoms with Crippen LogP contribution in [0.5, 0.6) is 0 Å². The molecular formula is C25H32FN3O2. The topological polar surface area (TPSA) is 52.7 Å². The Balaban J connectivity index is 1.45. The lowest BCUT2D eigenvalue weighted by Crippen LogP contribution is -2.48. The van der Waals surface area contributed by atoms with Crippen LogP contribution < -0.4 is 10.2 Å². The van der Waals surface area contributed by atoms with Gasteiger partial charge in [-0.15, -0.1) is 0 Å². The number of benzene rings is 2. The summed E-state index contributed by atoms with van der Waals surface area (Å²) in [6, 6.07) is 13.5. The minimum Gasteiger partial charge on any atom is -0.368 e. The fourth-order valence-corrected chi connectivity index (χ4v) is 3.85. The Morgan fingerprint density at radius 1 is 0.903 bits per heavy atom. The van der Waals surface area contributed by atoms with Gasteiger partial charge in [-0.2, -0.15) is 0 Å². The quantitative estimate of drug-likeness (QED) is 0.570. The third-order valence-electron chi connectivity index (χ3n) is 5.74. The first-order chi connectivity index (χ1) is 15.1. The third-order valence-corrected chi connectivity index (χ3v) is 5.74. The van der Waals surface area contributed by atoms with E-state index in [2.05, 4.69) is 17.1 Å². The zero-order valence-corrected chi connectivity index (χ0v) is 18.3. The molecule has 0 aliphatic carbocycles. The van der Waals surface area contributed by atoms with Gasteiger partial charge in [0, 0.05) is 44.0 Å². The summed E-state index contributed by atoms with van der Waals surface area (Å²) in [6.45, 7) is 5.25. The number of unbranched alkanes of at least 4 members (excludes halogenated alkanes) is 4. The highest BCUT2D eigenvalue weighted by Crippen LogP contribution is 2.21. The summed E-state index contributed by atoms with van der Waals surface area (Å²) in [7, 11) is 0. The number of anilines is 2. The lowest BCUT2D eigenvalue weighted by atomic mass is 10.1. The van der Waals surface area contributed by atoms with Crippen LogP contribution in [0.4, 0.5) is 15.8 Å². The number of carbonyl (C=O) groups is 2. The van der Waals surface area contributed by atoms with Gasteiger partial charge in [0.05, 0.1) is 5.56 Å². The maximum absolute atomic E-state index is 13.8. The minimum atomic E-state index is -0.537. The van der Waals surface area contributed by atoms with Gasteiger partial charge in [-0.1, -0.05) is 44.7 Å². The SMILES string of the molecule is CCCCCCCC(=O)N1CCN(c2ccc(NC(=O)c3ccccc3F)cc2)CC1. The largest absolute Gasteiger partial charge is 0.368 e. The van der Waals surface area contributed by atoms with E-state index in [0.29, 0.717) is 12.1 Å². The number of halogens is 1. The van der Waals surface area contributed by atoms with Crippen molar-refractivity contribution < 1.29 is 14.0 Å². The number of rotatable bonds is 9. The molecule has 0 radical (unpaired) electrons. The molecule has 1 N–H and O–H groups in total. The molecular weight excluding hydrogens is 393 g/mol. The van der Waals surface area contributed by atoms with Crippen molar-refractivity contribution in [3.05, 3.63) is 59.9 Å². The molecule has 0 unspecified atom stereocenters. The molecule has 166 valence electrons. The molecule has 0 bridgehead atoms. The Labute approximate surface area is 184 Å². The lowest BCUT2D eigenvalue weighted by molar-refractivity contribution is -0.131. The van der Waals surface area contributed by atoms with Crippen LogP contribution in [0.25, 0.3) is 0 Å². The van der Waals surface area contributed by atoms with Gasteiger partial charge in [0.15, 0.2) is 0 Å². The molecule has 0 atom stereocenters. The number of carbonyl (C=O) groups excluding carboxylic acids is 2. The van der Waals surface area contributed by atoms with Crippen LogP contribution in [0, 0.1) is 5.82 Å². The summed E-state index contributed by atoms with van der Waals surface area (Å²) >= 11 is 0. The van der Waals surface area contributed by atoms with Crippen LogP contribution in [0.1, 0.15) is 55.8 Å². The van der Waals surface area contributed by atoms with E-state index in [-0.39, 0.29) is 11.5 Å². The van der Waals surface area contributed by atoms with Crippen LogP contribution >= 0.6 is 0 Å². The van der Waals surface area contributed by atoms with Crippen molar-refractivity contribution in [2.45, 2.75) is 45.4 Å². The molecule has 2 amide bonds. The average Bonchev–Trinajstić information content (AvgIpc) is 2.79. The Morgan fingerprint density at radius 3 is 2.26 bits per heavy atom. The van der Waals surface area contributed by atoms with Gasteiger partial charge in [0.1, 0.15) is 5.82 Å². The van der Waals surface area contributed by atoms with E-state index in [1.54, 1.807) is 12.1 Å². The monoisotopic (exact) mass is 425 g/mol. The fraction of sp³-hybridized carbons (Fsp3) is 0.440. The van der Waals surface area contributed by atoms with Crippen molar-refractivity contribution in [2.75, 3.05) is 36.4 Å². The van der Waals surface area contributed by atoms with Crippen molar-refractivity contribution in [3.8, 4) is 0 Å². The van der Waals surface area contributed by atoms with Crippen LogP contribution in [-0.2, 0) is 4.79 Å². The predicted octanol–water partition coefficient (Wildman–Crippen LogP) is 5.09. The number of hydrogen-bond acceptors (Lipinski definition) is 3. The first kappa shape index (κ1) is 22.8. The molecule has 5 nitrogen and oxygen atoms in total. The van der Waals surface area contributed by atoms with Gasteiger partial charge in [-0.05, 0) is 42.8 Å². The van der Waals surface area contributed by atoms with Crippen LogP contribution in [0.2, 0.25) is 0 Å². The molecule has 2 aromatic carbocycles. The van der Waals surface area contributed by atoms with Crippen molar-refractivity contribution in [1.29, 1.82) is 0 Å². The molecule has 1 aliphatic rings. The second-order valence-electron chi connectivity index (χ2n) is 8.01. The summed E-state index contributed by atoms with van der Waals surface area (Å²) in [5.41, 5.74) is 1.70. The number of nitrogens with one attached hydrogen (secondary N) is 1. The van der Waals surface area contributed by atoms with Gasteiger partial charge in [0.2, 0.25) is 5.91 Å². The van der Waals surface area contributed by atoms with Crippen molar-refractivity contribution in [1.82, 2.24) is 4.90 Å². The normalized spacial score (nSPS) is 13.9. The summed E-state index contributed by atoms with van der Waals surface area (Å²) in [5, 5.41) is 2.73. The molecule has 31 heavy (non-hydrogen) atoms. The summed E-state index contributed by atoms with van der Waals surface area (Å²) < 4.78 is 13.8. The van der Waals surface area contributed by atoms with Gasteiger partial charge in [0.25, 0.3) is 5.91 Å². The highest BCUT2D eigenvalue weighted by molar-refractivity contribution is 6.04. The van der Waals surface area contributed by atoms with Gasteiger partial charge in [-0.3, -0.25) is 9.59 Å². The highest BCUT2D eigenvalue weighted by Gasteiger charge is 2.21. The second kappa shape index (κ2) is 11.5. The molecule has 2 aromatic rings. The Hall–Kier alpha value is -2.89. The Morgan fingerprint density at radius 2 is 1.58 bits per heavy atom. The number of piperazine rings is 1. The van der Waals surface area contributed by atoms with E-state index in [4.69, 9.17) is 0 Å². The first-order valence-electron chi connectivity index (χ1n) is 11.3. The van der Waals surface area contributed by atoms with Gasteiger partial charge in [-0.25, -0.2) is 4.39 Å². The van der Waals surface area contributed by atoms with Crippen LogP contribution in [0.15, 0.2) is 48.5 Å². The molecule has 3 rings (SSSR count). The number of amides is 2. The summed E-state index contributed by atoms with van der Waals surface area (Å²) in [6.07, 6.45) is 6.46. The third kappa shape index (κ3) is 6.54. The predicted molar refractivity (Wildman–Crippen MR) is 123 cm³/mol. The molecule has 1 fully saturated rings. The smallest absolute Gasteiger partial charge is 0.258 e. The Kier molecular flexibility index (Phi) is 8.44. The molecule has 0 aromatic heterocycles. The van der Waals surface area contributed by atoms with E-state index in [1.807, 2.05) is 29.2 Å². The average molecular weight is 426 g/mol. The lowest BCUT2D eigenvalue weighted by Gasteiger charge is -2.36. The van der Waals surface area contributed by atoms with Crippen molar-refractivity contribution in [3.63, 3.8) is 0 Å². The van der Waals surface area contributed by atoms with Crippen molar-refractivity contribution in [2.24, 2.45) is 0 Å². The standard InChI is InChI=1S/C25H32FN3O2/c1-2-3-4-5-6-11-24(30)29-18-16-28(17-19-29)21-14-12-20(13-15-21)27-25(31)22-9-7-8-10-23(22)26/h7-10,12-15H,2-6,11,16-19H2,1H3,(H,27,31). The minimum absolute atomic E-state index is 0.0257. The zero-order chi connectivity index (χ0) is 22.1. The van der Waals surface area contributed by atoms with E-state index in [0.717, 1.165) is 44.7 Å². The van der Waals surface area contributed by atoms with Crippen molar-refractivity contribution >= 4 is 23.2 Å². The maximum atomic E-state index is 13.8. The molecule has 0 saturated carbocycles. The van der Waals surface area contributed by atoms with Gasteiger partial charge < -0.3 is 15.1 Å². The number of hydrogen-bond donors (Lipinski definition) is 1. The molecule has 1 saturated heterocycles. The molecule has 1 heterocycles. The van der Waals surface area contributed by atoms with Gasteiger partial charge >= 0.3 is 0 Å². The molecule has 6 heteroatoms. The van der Waals surface area contributed by atoms with E-state index >= 15 is 0 Å². The maximum Gasteiger partial charge on any atom is 0.258 e. The Bertz CT molecular complexity index is 861. The van der Waals surface area contributed by atoms with Crippen LogP contribution in [0.3, 0.4) is 0 Å². The fourth-order valence-electron chi connectivity index (χ4n) is 3.85. The highest BCUT2D eigenvalue weighted by atomic mass is 19.1. The zero-order valence-electron chi connectivity index (χ0n) is 18.3. The summed E-state index contributed by atoms with van der Waals surface area (Å²) in [4.78, 5) is 28.9. The van der Waals surface area contributed by atoms with Crippen LogP contribution in [-0.4, -0.2) is 42.9 Å².